The number of ether oxygens (including phenoxy) is 2. The van der Waals surface area contributed by atoms with Gasteiger partial charge in [-0.05, 0) is 48.5 Å². The molecule has 4 rings (SSSR count). The average molecular weight is 542 g/mol. The number of carbonyl (C=O) groups is 1. The van der Waals surface area contributed by atoms with Gasteiger partial charge in [-0.1, -0.05) is 6.07 Å². The number of benzene rings is 2. The van der Waals surface area contributed by atoms with E-state index in [2.05, 4.69) is 20.1 Å². The van der Waals surface area contributed by atoms with Crippen LogP contribution in [0.3, 0.4) is 0 Å². The molecular weight excluding hydrogens is 527 g/mol. The summed E-state index contributed by atoms with van der Waals surface area (Å²) in [5.41, 5.74) is -0.691. The van der Waals surface area contributed by atoms with Gasteiger partial charge >= 0.3 is 12.5 Å². The standard InChI is InChI=1S/C22H15F5N4O5S/c1-37(33,34)15-4-2-3-13(9-15)29-21(32)35-18-11-28-31-17(19(23)24)10-16(30-20(18)31)12-5-7-14(8-6-12)36-22(25,26)27/h2-11,19H,1H3,(H,29,32). The van der Waals surface area contributed by atoms with Gasteiger partial charge in [-0.15, -0.1) is 13.2 Å². The van der Waals surface area contributed by atoms with Crippen LogP contribution in [0, 0.1) is 0 Å². The van der Waals surface area contributed by atoms with Gasteiger partial charge in [0.2, 0.25) is 0 Å². The Morgan fingerprint density at radius 3 is 2.41 bits per heavy atom. The van der Waals surface area contributed by atoms with Crippen molar-refractivity contribution in [3.8, 4) is 22.8 Å². The molecule has 9 nitrogen and oxygen atoms in total. The minimum atomic E-state index is -4.90. The van der Waals surface area contributed by atoms with E-state index in [1.807, 2.05) is 0 Å². The number of nitrogens with zero attached hydrogens (tertiary/aromatic N) is 3. The number of anilines is 1. The molecule has 0 saturated heterocycles. The van der Waals surface area contributed by atoms with Crippen LogP contribution < -0.4 is 14.8 Å². The second-order valence-electron chi connectivity index (χ2n) is 7.50. The summed E-state index contributed by atoms with van der Waals surface area (Å²) in [5, 5.41) is 6.10. The number of hydrogen-bond acceptors (Lipinski definition) is 7. The van der Waals surface area contributed by atoms with Crippen LogP contribution in [-0.4, -0.2) is 41.7 Å². The number of amides is 1. The first-order valence-electron chi connectivity index (χ1n) is 10.1. The highest BCUT2D eigenvalue weighted by Gasteiger charge is 2.31. The second-order valence-corrected chi connectivity index (χ2v) is 9.51. The number of aromatic nitrogens is 3. The lowest BCUT2D eigenvalue weighted by molar-refractivity contribution is -0.274. The first-order chi connectivity index (χ1) is 17.3. The van der Waals surface area contributed by atoms with Crippen molar-refractivity contribution in [1.82, 2.24) is 14.6 Å². The molecule has 37 heavy (non-hydrogen) atoms. The van der Waals surface area contributed by atoms with Crippen molar-refractivity contribution in [2.45, 2.75) is 17.7 Å². The quantitative estimate of drug-likeness (QED) is 0.332. The van der Waals surface area contributed by atoms with Crippen LogP contribution in [0.15, 0.2) is 65.7 Å². The molecule has 0 aliphatic rings. The van der Waals surface area contributed by atoms with E-state index in [-0.39, 0.29) is 33.2 Å². The molecule has 2 aromatic heterocycles. The van der Waals surface area contributed by atoms with Gasteiger partial charge in [0.1, 0.15) is 11.4 Å². The summed E-state index contributed by atoms with van der Waals surface area (Å²) >= 11 is 0. The average Bonchev–Trinajstić information content (AvgIpc) is 3.20. The predicted molar refractivity (Wildman–Crippen MR) is 119 cm³/mol. The van der Waals surface area contributed by atoms with E-state index in [4.69, 9.17) is 4.74 Å². The molecule has 1 amide bonds. The van der Waals surface area contributed by atoms with Gasteiger partial charge in [0, 0.05) is 17.5 Å². The molecular formula is C22H15F5N4O5S. The molecule has 0 saturated carbocycles. The van der Waals surface area contributed by atoms with Gasteiger partial charge in [-0.2, -0.15) is 5.10 Å². The number of fused-ring (bicyclic) bond motifs is 1. The van der Waals surface area contributed by atoms with E-state index in [1.165, 1.54) is 36.4 Å². The smallest absolute Gasteiger partial charge is 0.406 e. The lowest BCUT2D eigenvalue weighted by atomic mass is 10.1. The Kier molecular flexibility index (Phi) is 6.73. The topological polar surface area (TPSA) is 112 Å². The molecule has 0 unspecified atom stereocenters. The first-order valence-corrected chi connectivity index (χ1v) is 12.0. The molecule has 2 aromatic carbocycles. The Hall–Kier alpha value is -4.27. The molecule has 0 radical (unpaired) electrons. The first kappa shape index (κ1) is 25.8. The number of rotatable bonds is 6. The molecule has 0 spiro atoms. The largest absolute Gasteiger partial charge is 0.573 e. The van der Waals surface area contributed by atoms with Crippen LogP contribution in [0.5, 0.6) is 11.5 Å². The van der Waals surface area contributed by atoms with Crippen molar-refractivity contribution < 1.29 is 44.6 Å². The van der Waals surface area contributed by atoms with Crippen LogP contribution in [-0.2, 0) is 9.84 Å². The number of sulfone groups is 1. The molecule has 0 aliphatic heterocycles. The molecule has 0 bridgehead atoms. The Morgan fingerprint density at radius 1 is 1.08 bits per heavy atom. The van der Waals surface area contributed by atoms with Crippen molar-refractivity contribution in [3.05, 3.63) is 66.5 Å². The van der Waals surface area contributed by atoms with Gasteiger partial charge in [0.15, 0.2) is 21.2 Å². The molecule has 2 heterocycles. The number of halogens is 5. The van der Waals surface area contributed by atoms with Crippen LogP contribution >= 0.6 is 0 Å². The summed E-state index contributed by atoms with van der Waals surface area (Å²) in [6.45, 7) is 0. The van der Waals surface area contributed by atoms with Crippen LogP contribution in [0.1, 0.15) is 12.1 Å². The van der Waals surface area contributed by atoms with Crippen LogP contribution in [0.4, 0.5) is 32.4 Å². The SMILES string of the molecule is CS(=O)(=O)c1cccc(NC(=O)Oc2cnn3c(C(F)F)cc(-c4ccc(OC(F)(F)F)cc4)nc23)c1. The van der Waals surface area contributed by atoms with Gasteiger partial charge in [-0.3, -0.25) is 5.32 Å². The minimum Gasteiger partial charge on any atom is -0.406 e. The minimum absolute atomic E-state index is 0.0548. The maximum Gasteiger partial charge on any atom is 0.573 e. The summed E-state index contributed by atoms with van der Waals surface area (Å²) in [6.07, 6.45) is -7.05. The number of hydrogen-bond donors (Lipinski definition) is 1. The molecule has 1 N–H and O–H groups in total. The van der Waals surface area contributed by atoms with E-state index in [0.717, 1.165) is 35.2 Å². The third kappa shape index (κ3) is 6.11. The Morgan fingerprint density at radius 2 is 1.78 bits per heavy atom. The summed E-state index contributed by atoms with van der Waals surface area (Å²) in [6, 6.07) is 10.7. The third-order valence-corrected chi connectivity index (χ3v) is 5.90. The van der Waals surface area contributed by atoms with Gasteiger partial charge in [0.25, 0.3) is 6.43 Å². The predicted octanol–water partition coefficient (Wildman–Crippen LogP) is 5.25. The monoisotopic (exact) mass is 542 g/mol. The third-order valence-electron chi connectivity index (χ3n) is 4.79. The van der Waals surface area contributed by atoms with E-state index >= 15 is 0 Å². The van der Waals surface area contributed by atoms with Crippen molar-refractivity contribution in [1.29, 1.82) is 0 Å². The normalized spacial score (nSPS) is 12.1. The lowest BCUT2D eigenvalue weighted by Gasteiger charge is -2.11. The van der Waals surface area contributed by atoms with Gasteiger partial charge < -0.3 is 9.47 Å². The Bertz CT molecular complexity index is 1570. The molecule has 194 valence electrons. The highest BCUT2D eigenvalue weighted by Crippen LogP contribution is 2.31. The zero-order valence-corrected chi connectivity index (χ0v) is 19.3. The van der Waals surface area contributed by atoms with Gasteiger partial charge in [-0.25, -0.2) is 31.5 Å². The maximum absolute atomic E-state index is 13.7. The number of nitrogens with one attached hydrogen (secondary N) is 1. The fourth-order valence-corrected chi connectivity index (χ4v) is 3.88. The van der Waals surface area contributed by atoms with Crippen molar-refractivity contribution in [2.24, 2.45) is 0 Å². The highest BCUT2D eigenvalue weighted by molar-refractivity contribution is 7.90. The fourth-order valence-electron chi connectivity index (χ4n) is 3.22. The zero-order chi connectivity index (χ0) is 27.0. The van der Waals surface area contributed by atoms with E-state index in [0.29, 0.717) is 0 Å². The van der Waals surface area contributed by atoms with Crippen molar-refractivity contribution in [2.75, 3.05) is 11.6 Å². The van der Waals surface area contributed by atoms with Crippen molar-refractivity contribution in [3.63, 3.8) is 0 Å². The second kappa shape index (κ2) is 9.65. The Labute approximate surface area is 205 Å². The Balaban J connectivity index is 1.64. The van der Waals surface area contributed by atoms with Crippen molar-refractivity contribution >= 4 is 27.3 Å². The summed E-state index contributed by atoms with van der Waals surface area (Å²) in [5.74, 6) is -0.825. The fraction of sp³-hybridized carbons (Fsp3) is 0.136. The zero-order valence-electron chi connectivity index (χ0n) is 18.5. The summed E-state index contributed by atoms with van der Waals surface area (Å²) in [4.78, 5) is 16.5. The summed E-state index contributed by atoms with van der Waals surface area (Å²) < 4.78 is 97.8. The van der Waals surface area contributed by atoms with E-state index in [9.17, 15) is 35.2 Å². The molecule has 0 fully saturated rings. The maximum atomic E-state index is 13.7. The van der Waals surface area contributed by atoms with E-state index < -0.39 is 40.2 Å². The lowest BCUT2D eigenvalue weighted by Crippen LogP contribution is -2.17. The molecule has 0 atom stereocenters. The molecule has 15 heteroatoms. The van der Waals surface area contributed by atoms with Crippen LogP contribution in [0.2, 0.25) is 0 Å². The summed E-state index contributed by atoms with van der Waals surface area (Å²) in [7, 11) is -3.55. The van der Waals surface area contributed by atoms with Crippen LogP contribution in [0.25, 0.3) is 16.9 Å². The van der Waals surface area contributed by atoms with E-state index in [1.54, 1.807) is 0 Å². The molecule has 4 aromatic rings. The number of alkyl halides is 5. The van der Waals surface area contributed by atoms with Gasteiger partial charge in [0.05, 0.1) is 16.8 Å². The highest BCUT2D eigenvalue weighted by atomic mass is 32.2. The molecule has 0 aliphatic carbocycles. The number of carbonyl (C=O) groups excluding carboxylic acids is 1.